The number of carbonyl (C=O) groups excluding carboxylic acids is 2. The lowest BCUT2D eigenvalue weighted by molar-refractivity contribution is 0.0270. The van der Waals surface area contributed by atoms with Crippen molar-refractivity contribution in [2.75, 3.05) is 20.2 Å². The summed E-state index contributed by atoms with van der Waals surface area (Å²) in [6.45, 7) is 7.43. The molecule has 0 N–H and O–H groups in total. The third kappa shape index (κ3) is 5.08. The summed E-state index contributed by atoms with van der Waals surface area (Å²) < 4.78 is 12.4. The number of aromatic nitrogens is 2. The second-order valence-electron chi connectivity index (χ2n) is 9.13. The minimum Gasteiger partial charge on any atom is -0.465 e. The molecule has 2 aromatic heterocycles. The molecule has 1 aliphatic rings. The summed E-state index contributed by atoms with van der Waals surface area (Å²) in [5.74, 6) is -0.342. The Morgan fingerprint density at radius 3 is 2.48 bits per heavy atom. The van der Waals surface area contributed by atoms with Gasteiger partial charge in [-0.1, -0.05) is 18.2 Å². The summed E-state index contributed by atoms with van der Waals surface area (Å²) in [6.07, 6.45) is 6.45. The highest BCUT2D eigenvalue weighted by Crippen LogP contribution is 2.29. The number of methoxy groups -OCH3 is 1. The molecule has 0 spiro atoms. The van der Waals surface area contributed by atoms with Crippen LogP contribution in [0.5, 0.6) is 0 Å². The van der Waals surface area contributed by atoms with Gasteiger partial charge in [0.2, 0.25) is 0 Å². The zero-order valence-corrected chi connectivity index (χ0v) is 19.5. The van der Waals surface area contributed by atoms with Crippen molar-refractivity contribution < 1.29 is 19.1 Å². The molecule has 0 saturated carbocycles. The smallest absolute Gasteiger partial charge is 0.410 e. The fourth-order valence-electron chi connectivity index (χ4n) is 3.96. The predicted molar refractivity (Wildman–Crippen MR) is 127 cm³/mol. The zero-order chi connectivity index (χ0) is 23.6. The molecule has 0 saturated heterocycles. The number of hydrogen-bond donors (Lipinski definition) is 0. The van der Waals surface area contributed by atoms with E-state index >= 15 is 0 Å². The molecular formula is C26H29N3O4. The van der Waals surface area contributed by atoms with Gasteiger partial charge < -0.3 is 18.9 Å². The lowest BCUT2D eigenvalue weighted by atomic mass is 9.98. The summed E-state index contributed by atoms with van der Waals surface area (Å²) in [5.41, 5.74) is 4.35. The Bertz CT molecular complexity index is 1200. The van der Waals surface area contributed by atoms with Crippen LogP contribution in [0.1, 0.15) is 48.7 Å². The molecule has 0 bridgehead atoms. The van der Waals surface area contributed by atoms with Crippen molar-refractivity contribution in [1.29, 1.82) is 0 Å². The van der Waals surface area contributed by atoms with Crippen molar-refractivity contribution in [3.8, 4) is 0 Å². The van der Waals surface area contributed by atoms with E-state index in [1.165, 1.54) is 12.7 Å². The number of amides is 1. The van der Waals surface area contributed by atoms with Crippen molar-refractivity contribution in [2.45, 2.75) is 39.3 Å². The van der Waals surface area contributed by atoms with Crippen molar-refractivity contribution >= 4 is 28.7 Å². The normalized spacial score (nSPS) is 14.2. The van der Waals surface area contributed by atoms with Gasteiger partial charge in [-0.15, -0.1) is 0 Å². The Morgan fingerprint density at radius 1 is 1.09 bits per heavy atom. The van der Waals surface area contributed by atoms with Gasteiger partial charge in [0.25, 0.3) is 0 Å². The molecular weight excluding hydrogens is 418 g/mol. The van der Waals surface area contributed by atoms with E-state index in [0.717, 1.165) is 28.6 Å². The number of nitrogens with zero attached hydrogens (tertiary/aromatic N) is 3. The van der Waals surface area contributed by atoms with Gasteiger partial charge in [-0.05, 0) is 68.2 Å². The van der Waals surface area contributed by atoms with Gasteiger partial charge >= 0.3 is 12.1 Å². The lowest BCUT2D eigenvalue weighted by Crippen LogP contribution is -2.39. The van der Waals surface area contributed by atoms with E-state index in [1.807, 2.05) is 51.4 Å². The number of benzene rings is 1. The Kier molecular flexibility index (Phi) is 6.22. The fourth-order valence-corrected chi connectivity index (χ4v) is 3.96. The number of hydrogen-bond acceptors (Lipinski definition) is 5. The van der Waals surface area contributed by atoms with Crippen LogP contribution >= 0.6 is 0 Å². The monoisotopic (exact) mass is 447 g/mol. The number of ether oxygens (including phenoxy) is 2. The molecule has 3 heterocycles. The van der Waals surface area contributed by atoms with Crippen LogP contribution in [0.3, 0.4) is 0 Å². The van der Waals surface area contributed by atoms with Crippen LogP contribution in [0.15, 0.2) is 54.9 Å². The quantitative estimate of drug-likeness (QED) is 0.532. The first-order valence-corrected chi connectivity index (χ1v) is 11.0. The molecule has 33 heavy (non-hydrogen) atoms. The predicted octanol–water partition coefficient (Wildman–Crippen LogP) is 4.90. The Morgan fingerprint density at radius 2 is 1.85 bits per heavy atom. The lowest BCUT2D eigenvalue weighted by Gasteiger charge is -2.29. The Balaban J connectivity index is 1.52. The summed E-state index contributed by atoms with van der Waals surface area (Å²) in [4.78, 5) is 30.4. The highest BCUT2D eigenvalue weighted by Gasteiger charge is 2.24. The van der Waals surface area contributed by atoms with E-state index < -0.39 is 5.60 Å². The van der Waals surface area contributed by atoms with Crippen LogP contribution in [0.25, 0.3) is 16.6 Å². The second kappa shape index (κ2) is 9.10. The van der Waals surface area contributed by atoms with Crippen molar-refractivity contribution in [3.05, 3.63) is 71.6 Å². The fraction of sp³-hybridized carbons (Fsp3) is 0.346. The average Bonchev–Trinajstić information content (AvgIpc) is 3.21. The first-order valence-electron chi connectivity index (χ1n) is 11.0. The van der Waals surface area contributed by atoms with Gasteiger partial charge in [-0.25, -0.2) is 14.6 Å². The zero-order valence-electron chi connectivity index (χ0n) is 19.5. The molecule has 1 aromatic carbocycles. The Labute approximate surface area is 193 Å². The molecule has 0 radical (unpaired) electrons. The van der Waals surface area contributed by atoms with Crippen LogP contribution in [0.4, 0.5) is 4.79 Å². The molecule has 4 rings (SSSR count). The molecule has 0 aliphatic carbocycles. The van der Waals surface area contributed by atoms with Gasteiger partial charge in [-0.2, -0.15) is 0 Å². The van der Waals surface area contributed by atoms with Crippen LogP contribution in [0, 0.1) is 0 Å². The van der Waals surface area contributed by atoms with Crippen molar-refractivity contribution in [3.63, 3.8) is 0 Å². The van der Waals surface area contributed by atoms with E-state index in [2.05, 4.69) is 21.7 Å². The topological polar surface area (TPSA) is 73.7 Å². The Hall–Kier alpha value is -3.61. The van der Waals surface area contributed by atoms with Gasteiger partial charge in [0, 0.05) is 37.4 Å². The molecule has 7 nitrogen and oxygen atoms in total. The van der Waals surface area contributed by atoms with E-state index in [-0.39, 0.29) is 12.1 Å². The molecule has 1 aliphatic heterocycles. The van der Waals surface area contributed by atoms with Crippen LogP contribution < -0.4 is 0 Å². The summed E-state index contributed by atoms with van der Waals surface area (Å²) in [7, 11) is 1.38. The molecule has 172 valence electrons. The van der Waals surface area contributed by atoms with Crippen molar-refractivity contribution in [2.24, 2.45) is 0 Å². The van der Waals surface area contributed by atoms with Crippen molar-refractivity contribution in [1.82, 2.24) is 14.5 Å². The van der Waals surface area contributed by atoms with Crippen LogP contribution in [-0.4, -0.2) is 52.3 Å². The van der Waals surface area contributed by atoms with Gasteiger partial charge in [-0.3, -0.25) is 0 Å². The molecule has 3 aromatic rings. The number of pyridine rings is 1. The third-order valence-corrected chi connectivity index (χ3v) is 5.60. The summed E-state index contributed by atoms with van der Waals surface area (Å²) in [6, 6.07) is 11.5. The van der Waals surface area contributed by atoms with Crippen LogP contribution in [0.2, 0.25) is 0 Å². The molecule has 7 heteroatoms. The minimum atomic E-state index is -0.499. The molecule has 1 amide bonds. The van der Waals surface area contributed by atoms with Gasteiger partial charge in [0.05, 0.1) is 12.7 Å². The summed E-state index contributed by atoms with van der Waals surface area (Å²) in [5, 5.41) is 1.08. The summed E-state index contributed by atoms with van der Waals surface area (Å²) >= 11 is 0. The van der Waals surface area contributed by atoms with E-state index in [4.69, 9.17) is 9.47 Å². The van der Waals surface area contributed by atoms with E-state index in [0.29, 0.717) is 25.2 Å². The maximum absolute atomic E-state index is 12.4. The number of fused-ring (bicyclic) bond motifs is 1. The first kappa shape index (κ1) is 22.6. The maximum atomic E-state index is 12.4. The van der Waals surface area contributed by atoms with E-state index in [9.17, 15) is 9.59 Å². The maximum Gasteiger partial charge on any atom is 0.410 e. The number of rotatable bonds is 4. The number of carbonyl (C=O) groups is 2. The third-order valence-electron chi connectivity index (χ3n) is 5.60. The SMILES string of the molecule is COC(=O)c1ccc(Cn2ccc3c(C4=CCN(C(=O)OC(C)(C)C)CC4)ccnc32)cc1. The largest absolute Gasteiger partial charge is 0.465 e. The number of esters is 1. The molecule has 0 atom stereocenters. The highest BCUT2D eigenvalue weighted by atomic mass is 16.6. The molecule has 0 unspecified atom stereocenters. The van der Waals surface area contributed by atoms with E-state index in [1.54, 1.807) is 17.0 Å². The van der Waals surface area contributed by atoms with Gasteiger partial charge in [0.15, 0.2) is 0 Å². The average molecular weight is 448 g/mol. The van der Waals surface area contributed by atoms with Crippen LogP contribution in [-0.2, 0) is 16.0 Å². The first-order chi connectivity index (χ1) is 15.7. The molecule has 0 fully saturated rings. The standard InChI is InChI=1S/C26H29N3O4/c1-26(2,3)33-25(31)28-14-10-19(11-15-28)21-9-13-27-23-22(21)12-16-29(23)17-18-5-7-20(8-6-18)24(30)32-4/h5-10,12-13,16H,11,14-15,17H2,1-4H3. The minimum absolute atomic E-state index is 0.276. The second-order valence-corrected chi connectivity index (χ2v) is 9.13. The highest BCUT2D eigenvalue weighted by molar-refractivity contribution is 5.91. The van der Waals surface area contributed by atoms with Gasteiger partial charge in [0.1, 0.15) is 11.2 Å².